The fourth-order valence-corrected chi connectivity index (χ4v) is 3.75. The van der Waals surface area contributed by atoms with Crippen LogP contribution in [0.1, 0.15) is 21.5 Å². The first kappa shape index (κ1) is 25.0. The van der Waals surface area contributed by atoms with Crippen LogP contribution in [0.2, 0.25) is 0 Å². The minimum Gasteiger partial charge on any atom is -0.493 e. The number of nitrogens with zero attached hydrogens (tertiary/aromatic N) is 1. The highest BCUT2D eigenvalue weighted by Crippen LogP contribution is 2.38. The number of halogens is 2. The minimum absolute atomic E-state index is 0.0796. The van der Waals surface area contributed by atoms with E-state index in [0.29, 0.717) is 27.2 Å². The van der Waals surface area contributed by atoms with Crippen LogP contribution in [-0.4, -0.2) is 24.1 Å². The predicted molar refractivity (Wildman–Crippen MR) is 135 cm³/mol. The van der Waals surface area contributed by atoms with Gasteiger partial charge >= 0.3 is 5.97 Å². The maximum absolute atomic E-state index is 12.5. The highest BCUT2D eigenvalue weighted by molar-refractivity contribution is 9.10. The second-order valence-corrected chi connectivity index (χ2v) is 8.73. The Balaban J connectivity index is 1.78. The van der Waals surface area contributed by atoms with Crippen LogP contribution < -0.4 is 14.8 Å². The summed E-state index contributed by atoms with van der Waals surface area (Å²) < 4.78 is 12.8. The average molecular weight is 586 g/mol. The highest BCUT2D eigenvalue weighted by Gasteiger charge is 2.14. The van der Waals surface area contributed by atoms with Crippen molar-refractivity contribution >= 4 is 55.5 Å². The van der Waals surface area contributed by atoms with E-state index >= 15 is 0 Å². The minimum atomic E-state index is -0.997. The number of carboxylic acids is 1. The van der Waals surface area contributed by atoms with Crippen LogP contribution in [0.4, 0.5) is 5.69 Å². The van der Waals surface area contributed by atoms with Gasteiger partial charge in [-0.1, -0.05) is 28.1 Å². The van der Waals surface area contributed by atoms with E-state index in [1.54, 1.807) is 48.5 Å². The quantitative estimate of drug-likeness (QED) is 0.246. The molecule has 0 spiro atoms. The second kappa shape index (κ2) is 11.5. The van der Waals surface area contributed by atoms with Crippen LogP contribution in [0.5, 0.6) is 11.5 Å². The molecule has 0 saturated heterocycles. The Morgan fingerprint density at radius 2 is 1.76 bits per heavy atom. The topological polar surface area (TPSA) is 109 Å². The number of carboxylic acid groups (broad SMARTS) is 1. The maximum atomic E-state index is 12.5. The molecular formula is C25H18Br2N2O5. The zero-order chi connectivity index (χ0) is 24.7. The first-order chi connectivity index (χ1) is 16.3. The molecule has 0 unspecified atom stereocenters. The van der Waals surface area contributed by atoms with Gasteiger partial charge in [-0.3, -0.25) is 4.79 Å². The largest absolute Gasteiger partial charge is 0.493 e. The SMILES string of the molecule is COc1cc(/C=C(/C#N)C(=O)Nc2ccc(Br)cc2)cc(Br)c1OCc1ccc(C(=O)O)cc1. The van der Waals surface area contributed by atoms with E-state index in [1.807, 2.05) is 6.07 Å². The van der Waals surface area contributed by atoms with Crippen LogP contribution in [0.15, 0.2) is 75.2 Å². The Bertz CT molecular complexity index is 1280. The molecule has 3 rings (SSSR count). The van der Waals surface area contributed by atoms with Crippen molar-refractivity contribution < 1.29 is 24.2 Å². The third kappa shape index (κ3) is 6.47. The van der Waals surface area contributed by atoms with E-state index in [9.17, 15) is 14.9 Å². The van der Waals surface area contributed by atoms with Gasteiger partial charge in [0.2, 0.25) is 0 Å². The van der Waals surface area contributed by atoms with E-state index < -0.39 is 11.9 Å². The number of ether oxygens (including phenoxy) is 2. The first-order valence-electron chi connectivity index (χ1n) is 9.82. The smallest absolute Gasteiger partial charge is 0.335 e. The van der Waals surface area contributed by atoms with E-state index in [0.717, 1.165) is 10.0 Å². The Labute approximate surface area is 212 Å². The molecule has 172 valence electrons. The third-order valence-corrected chi connectivity index (χ3v) is 5.73. The van der Waals surface area contributed by atoms with Gasteiger partial charge in [-0.05, 0) is 81.7 Å². The van der Waals surface area contributed by atoms with Crippen molar-refractivity contribution in [2.24, 2.45) is 0 Å². The molecule has 0 aliphatic rings. The molecule has 0 radical (unpaired) electrons. The summed E-state index contributed by atoms with van der Waals surface area (Å²) in [6.45, 7) is 0.184. The number of carbonyl (C=O) groups excluding carboxylic acids is 1. The zero-order valence-corrected chi connectivity index (χ0v) is 21.0. The summed E-state index contributed by atoms with van der Waals surface area (Å²) in [5.41, 5.74) is 2.01. The number of nitrogens with one attached hydrogen (secondary N) is 1. The summed E-state index contributed by atoms with van der Waals surface area (Å²) in [6, 6.07) is 18.6. The van der Waals surface area contributed by atoms with Crippen molar-refractivity contribution in [1.29, 1.82) is 5.26 Å². The van der Waals surface area contributed by atoms with Gasteiger partial charge in [-0.15, -0.1) is 0 Å². The summed E-state index contributed by atoms with van der Waals surface area (Å²) >= 11 is 6.79. The van der Waals surface area contributed by atoms with Crippen LogP contribution in [0.3, 0.4) is 0 Å². The fourth-order valence-electron chi connectivity index (χ4n) is 2.91. The number of aromatic carboxylic acids is 1. The lowest BCUT2D eigenvalue weighted by molar-refractivity contribution is -0.112. The van der Waals surface area contributed by atoms with Gasteiger partial charge < -0.3 is 19.9 Å². The van der Waals surface area contributed by atoms with Crippen molar-refractivity contribution in [3.8, 4) is 17.6 Å². The predicted octanol–water partition coefficient (Wildman–Crippen LogP) is 6.04. The van der Waals surface area contributed by atoms with E-state index in [-0.39, 0.29) is 17.7 Å². The van der Waals surface area contributed by atoms with Gasteiger partial charge in [-0.2, -0.15) is 5.26 Å². The lowest BCUT2D eigenvalue weighted by atomic mass is 10.1. The molecule has 0 fully saturated rings. The Morgan fingerprint density at radius 3 is 2.35 bits per heavy atom. The molecule has 0 aliphatic heterocycles. The molecule has 9 heteroatoms. The van der Waals surface area contributed by atoms with Gasteiger partial charge in [0.15, 0.2) is 11.5 Å². The molecule has 2 N–H and O–H groups in total. The monoisotopic (exact) mass is 584 g/mol. The van der Waals surface area contributed by atoms with Crippen molar-refractivity contribution in [3.63, 3.8) is 0 Å². The van der Waals surface area contributed by atoms with Crippen molar-refractivity contribution in [2.45, 2.75) is 6.61 Å². The van der Waals surface area contributed by atoms with E-state index in [1.165, 1.54) is 25.3 Å². The normalized spacial score (nSPS) is 10.8. The molecule has 0 aromatic heterocycles. The molecule has 1 amide bonds. The zero-order valence-electron chi connectivity index (χ0n) is 17.8. The molecular weight excluding hydrogens is 568 g/mol. The number of carbonyl (C=O) groups is 2. The molecule has 3 aromatic rings. The van der Waals surface area contributed by atoms with Gasteiger partial charge in [0.05, 0.1) is 17.1 Å². The molecule has 7 nitrogen and oxygen atoms in total. The number of methoxy groups -OCH3 is 1. The number of benzene rings is 3. The van der Waals surface area contributed by atoms with Gasteiger partial charge in [-0.25, -0.2) is 4.79 Å². The number of hydrogen-bond donors (Lipinski definition) is 2. The number of amides is 1. The van der Waals surface area contributed by atoms with Gasteiger partial charge in [0.1, 0.15) is 18.2 Å². The number of nitriles is 1. The second-order valence-electron chi connectivity index (χ2n) is 6.96. The Hall–Kier alpha value is -3.61. The summed E-state index contributed by atoms with van der Waals surface area (Å²) in [7, 11) is 1.48. The van der Waals surface area contributed by atoms with Crippen LogP contribution in [0, 0.1) is 11.3 Å². The Morgan fingerprint density at radius 1 is 1.09 bits per heavy atom. The highest BCUT2D eigenvalue weighted by atomic mass is 79.9. The molecule has 3 aromatic carbocycles. The molecule has 34 heavy (non-hydrogen) atoms. The van der Waals surface area contributed by atoms with Crippen molar-refractivity contribution in [1.82, 2.24) is 0 Å². The van der Waals surface area contributed by atoms with Gasteiger partial charge in [0.25, 0.3) is 5.91 Å². The summed E-state index contributed by atoms with van der Waals surface area (Å²) in [6.07, 6.45) is 1.45. The summed E-state index contributed by atoms with van der Waals surface area (Å²) in [5.74, 6) is -0.707. The van der Waals surface area contributed by atoms with Crippen LogP contribution >= 0.6 is 31.9 Å². The third-order valence-electron chi connectivity index (χ3n) is 4.61. The van der Waals surface area contributed by atoms with Crippen LogP contribution in [0.25, 0.3) is 6.08 Å². The molecule has 0 atom stereocenters. The maximum Gasteiger partial charge on any atom is 0.335 e. The van der Waals surface area contributed by atoms with Crippen molar-refractivity contribution in [2.75, 3.05) is 12.4 Å². The molecule has 0 bridgehead atoms. The number of rotatable bonds is 8. The van der Waals surface area contributed by atoms with Crippen molar-refractivity contribution in [3.05, 3.63) is 91.9 Å². The Kier molecular flexibility index (Phi) is 8.46. The molecule has 0 saturated carbocycles. The number of anilines is 1. The van der Waals surface area contributed by atoms with E-state index in [2.05, 4.69) is 37.2 Å². The van der Waals surface area contributed by atoms with Gasteiger partial charge in [0, 0.05) is 10.2 Å². The molecule has 0 aliphatic carbocycles. The summed E-state index contributed by atoms with van der Waals surface area (Å²) in [4.78, 5) is 23.5. The standard InChI is InChI=1S/C25H18Br2N2O5/c1-33-22-12-16(10-18(13-28)24(30)29-20-8-6-19(26)7-9-20)11-21(27)23(22)34-14-15-2-4-17(5-3-15)25(31)32/h2-12H,14H2,1H3,(H,29,30)(H,31,32)/b18-10-. The lowest BCUT2D eigenvalue weighted by Crippen LogP contribution is -2.13. The number of hydrogen-bond acceptors (Lipinski definition) is 5. The lowest BCUT2D eigenvalue weighted by Gasteiger charge is -2.14. The molecule has 0 heterocycles. The average Bonchev–Trinajstić information content (AvgIpc) is 2.83. The van der Waals surface area contributed by atoms with E-state index in [4.69, 9.17) is 14.6 Å². The fraction of sp³-hybridized carbons (Fsp3) is 0.0800. The summed E-state index contributed by atoms with van der Waals surface area (Å²) in [5, 5.41) is 21.2. The first-order valence-corrected chi connectivity index (χ1v) is 11.4. The van der Waals surface area contributed by atoms with Crippen LogP contribution in [-0.2, 0) is 11.4 Å².